The van der Waals surface area contributed by atoms with Gasteiger partial charge in [0.15, 0.2) is 0 Å². The molecule has 0 heterocycles. The van der Waals surface area contributed by atoms with E-state index in [0.29, 0.717) is 17.4 Å². The first kappa shape index (κ1) is 83.2. The fourth-order valence-corrected chi connectivity index (χ4v) is 12.8. The molecule has 0 spiro atoms. The van der Waals surface area contributed by atoms with E-state index in [1.165, 1.54) is 360 Å². The highest BCUT2D eigenvalue weighted by Crippen LogP contribution is 2.43. The van der Waals surface area contributed by atoms with Crippen molar-refractivity contribution < 1.29 is 32.9 Å². The molecule has 0 fully saturated rings. The zero-order valence-corrected chi connectivity index (χ0v) is 58.6. The minimum atomic E-state index is -4.35. The second kappa shape index (κ2) is 66.7. The Morgan fingerprint density at radius 3 is 0.881 bits per heavy atom. The van der Waals surface area contributed by atoms with Gasteiger partial charge in [0.05, 0.1) is 39.9 Å². The number of aliphatic hydroxyl groups excluding tert-OH is 1. The topological polar surface area (TPSA) is 105 Å². The lowest BCUT2D eigenvalue weighted by Crippen LogP contribution is -2.45. The van der Waals surface area contributed by atoms with Gasteiger partial charge in [-0.25, -0.2) is 4.57 Å². The van der Waals surface area contributed by atoms with Crippen LogP contribution in [-0.2, 0) is 18.4 Å². The lowest BCUT2D eigenvalue weighted by molar-refractivity contribution is -0.870. The van der Waals surface area contributed by atoms with Crippen LogP contribution in [0.4, 0.5) is 0 Å². The highest BCUT2D eigenvalue weighted by atomic mass is 31.2. The van der Waals surface area contributed by atoms with E-state index in [1.807, 2.05) is 27.2 Å². The summed E-state index contributed by atoms with van der Waals surface area (Å²) in [5.41, 5.74) is 0. The molecule has 0 aliphatic rings. The molecule has 9 heteroatoms. The van der Waals surface area contributed by atoms with Gasteiger partial charge < -0.3 is 19.8 Å². The Kier molecular flexibility index (Phi) is 66.1. The summed E-state index contributed by atoms with van der Waals surface area (Å²) in [5.74, 6) is -0.166. The molecule has 0 aromatic heterocycles. The highest BCUT2D eigenvalue weighted by Gasteiger charge is 2.28. The van der Waals surface area contributed by atoms with E-state index >= 15 is 0 Å². The second-order valence-corrected chi connectivity index (χ2v) is 29.2. The van der Waals surface area contributed by atoms with Crippen LogP contribution in [0.2, 0.25) is 0 Å². The quantitative estimate of drug-likeness (QED) is 0.0243. The van der Waals surface area contributed by atoms with Crippen LogP contribution in [0.3, 0.4) is 0 Å². The number of aliphatic hydroxyl groups is 1. The molecular weight excluding hydrogens is 1060 g/mol. The molecule has 0 aliphatic heterocycles. The summed E-state index contributed by atoms with van der Waals surface area (Å²) >= 11 is 0. The minimum Gasteiger partial charge on any atom is -0.387 e. The van der Waals surface area contributed by atoms with Crippen LogP contribution < -0.4 is 5.32 Å². The number of rotatable bonds is 72. The molecule has 0 saturated carbocycles. The third-order valence-electron chi connectivity index (χ3n) is 18.0. The van der Waals surface area contributed by atoms with Crippen molar-refractivity contribution in [3.63, 3.8) is 0 Å². The van der Waals surface area contributed by atoms with Crippen LogP contribution in [0.25, 0.3) is 0 Å². The number of unbranched alkanes of at least 4 members (excludes halogenated alkanes) is 59. The number of phosphoric acid groups is 1. The second-order valence-electron chi connectivity index (χ2n) is 27.7. The minimum absolute atomic E-state index is 0.0656. The lowest BCUT2D eigenvalue weighted by Gasteiger charge is -2.25. The SMILES string of the molecule is CCCCCCCCCCCCCCCCCCCCCCCCC/C=C/C(O)C(COP(=O)(O)OCC[N+](C)(C)C)NC(=O)CCCCCCCCCCCCCCCCCCCCCCCCCCCCCCCCCCCCCCC. The molecular formula is C75H152N2O6P+. The summed E-state index contributed by atoms with van der Waals surface area (Å²) in [6.45, 7) is 4.90. The molecule has 1 amide bonds. The van der Waals surface area contributed by atoms with Crippen LogP contribution in [0.5, 0.6) is 0 Å². The number of nitrogens with one attached hydrogen (secondary N) is 1. The van der Waals surface area contributed by atoms with Crippen molar-refractivity contribution in [3.05, 3.63) is 12.2 Å². The Morgan fingerprint density at radius 1 is 0.393 bits per heavy atom. The lowest BCUT2D eigenvalue weighted by atomic mass is 10.0. The summed E-state index contributed by atoms with van der Waals surface area (Å²) in [6.07, 6.45) is 86.8. The van der Waals surface area contributed by atoms with Crippen molar-refractivity contribution >= 4 is 13.7 Å². The van der Waals surface area contributed by atoms with Gasteiger partial charge in [-0.3, -0.25) is 13.8 Å². The van der Waals surface area contributed by atoms with Crippen molar-refractivity contribution in [2.75, 3.05) is 40.9 Å². The Bertz CT molecular complexity index is 1370. The molecule has 502 valence electrons. The standard InChI is InChI=1S/C75H151N2O6P/c1-6-8-10-12-14-16-18-20-22-24-26-28-30-32-33-34-35-36-37-38-39-40-41-42-43-45-47-49-51-53-55-57-59-61-63-65-67-69-75(79)76-73(72-83-84(80,81)82-71-70-77(3,4)5)74(78)68-66-64-62-60-58-56-54-52-50-48-46-44-31-29-27-25-23-21-19-17-15-13-11-9-7-2/h66,68,73-74,78H,6-65,67,69-72H2,1-5H3,(H-,76,79,80,81)/p+1/b68-66+. The van der Waals surface area contributed by atoms with Gasteiger partial charge in [0.2, 0.25) is 5.91 Å². The molecule has 3 atom stereocenters. The average molecular weight is 1210 g/mol. The van der Waals surface area contributed by atoms with E-state index in [0.717, 1.165) is 32.1 Å². The number of quaternary nitrogens is 1. The number of carbonyl (C=O) groups is 1. The maximum atomic E-state index is 13.1. The Balaban J connectivity index is 3.93. The summed E-state index contributed by atoms with van der Waals surface area (Å²) in [4.78, 5) is 23.5. The van der Waals surface area contributed by atoms with Gasteiger partial charge in [0, 0.05) is 6.42 Å². The van der Waals surface area contributed by atoms with Crippen molar-refractivity contribution in [3.8, 4) is 0 Å². The first-order chi connectivity index (χ1) is 41.0. The summed E-state index contributed by atoms with van der Waals surface area (Å²) in [7, 11) is 1.60. The van der Waals surface area contributed by atoms with E-state index in [4.69, 9.17) is 9.05 Å². The largest absolute Gasteiger partial charge is 0.472 e. The summed E-state index contributed by atoms with van der Waals surface area (Å²) in [6, 6.07) is -0.844. The Morgan fingerprint density at radius 2 is 0.631 bits per heavy atom. The number of hydrogen-bond acceptors (Lipinski definition) is 5. The highest BCUT2D eigenvalue weighted by molar-refractivity contribution is 7.47. The molecule has 8 nitrogen and oxygen atoms in total. The predicted octanol–water partition coefficient (Wildman–Crippen LogP) is 24.5. The molecule has 3 N–H and O–H groups in total. The average Bonchev–Trinajstić information content (AvgIpc) is 3.56. The van der Waals surface area contributed by atoms with E-state index in [1.54, 1.807) is 6.08 Å². The Labute approximate surface area is 526 Å². The van der Waals surface area contributed by atoms with Gasteiger partial charge in [0.25, 0.3) is 0 Å². The fraction of sp³-hybridized carbons (Fsp3) is 0.960. The van der Waals surface area contributed by atoms with E-state index in [9.17, 15) is 19.4 Å². The monoisotopic (exact) mass is 1210 g/mol. The first-order valence-electron chi connectivity index (χ1n) is 38.1. The fourth-order valence-electron chi connectivity index (χ4n) is 12.1. The number of likely N-dealkylation sites (N-methyl/N-ethyl adjacent to an activating group) is 1. The normalized spacial score (nSPS) is 13.6. The third-order valence-corrected chi connectivity index (χ3v) is 19.0. The van der Waals surface area contributed by atoms with Crippen molar-refractivity contribution in [1.29, 1.82) is 0 Å². The van der Waals surface area contributed by atoms with Gasteiger partial charge in [-0.05, 0) is 19.3 Å². The molecule has 0 aromatic rings. The van der Waals surface area contributed by atoms with E-state index in [2.05, 4.69) is 19.2 Å². The van der Waals surface area contributed by atoms with Crippen molar-refractivity contribution in [2.24, 2.45) is 0 Å². The van der Waals surface area contributed by atoms with Crippen LogP contribution in [0.1, 0.15) is 412 Å². The van der Waals surface area contributed by atoms with E-state index < -0.39 is 20.0 Å². The van der Waals surface area contributed by atoms with Gasteiger partial charge in [-0.2, -0.15) is 0 Å². The Hall–Kier alpha value is -0.760. The number of phosphoric ester groups is 1. The number of nitrogens with zero attached hydrogens (tertiary/aromatic N) is 1. The maximum Gasteiger partial charge on any atom is 0.472 e. The number of allylic oxidation sites excluding steroid dienone is 1. The molecule has 84 heavy (non-hydrogen) atoms. The molecule has 3 unspecified atom stereocenters. The van der Waals surface area contributed by atoms with Crippen LogP contribution >= 0.6 is 7.82 Å². The van der Waals surface area contributed by atoms with Gasteiger partial charge in [-0.1, -0.05) is 398 Å². The number of hydrogen-bond donors (Lipinski definition) is 3. The summed E-state index contributed by atoms with van der Waals surface area (Å²) in [5, 5.41) is 14.0. The van der Waals surface area contributed by atoms with Gasteiger partial charge >= 0.3 is 7.82 Å². The maximum absolute atomic E-state index is 13.1. The molecule has 0 radical (unpaired) electrons. The van der Waals surface area contributed by atoms with Crippen molar-refractivity contribution in [2.45, 2.75) is 424 Å². The third kappa shape index (κ3) is 68.7. The van der Waals surface area contributed by atoms with E-state index in [-0.39, 0.29) is 19.1 Å². The molecule has 0 aliphatic carbocycles. The zero-order chi connectivity index (χ0) is 61.2. The number of carbonyl (C=O) groups excluding carboxylic acids is 1. The van der Waals surface area contributed by atoms with Crippen LogP contribution in [-0.4, -0.2) is 73.4 Å². The first-order valence-corrected chi connectivity index (χ1v) is 39.6. The van der Waals surface area contributed by atoms with Gasteiger partial charge in [0.1, 0.15) is 13.2 Å². The molecule has 0 saturated heterocycles. The predicted molar refractivity (Wildman–Crippen MR) is 369 cm³/mol. The van der Waals surface area contributed by atoms with Crippen molar-refractivity contribution in [1.82, 2.24) is 5.32 Å². The van der Waals surface area contributed by atoms with Crippen LogP contribution in [0.15, 0.2) is 12.2 Å². The van der Waals surface area contributed by atoms with Crippen LogP contribution in [0, 0.1) is 0 Å². The summed E-state index contributed by atoms with van der Waals surface area (Å²) < 4.78 is 23.9. The number of amides is 1. The zero-order valence-electron chi connectivity index (χ0n) is 57.7. The molecule has 0 bridgehead atoms. The molecule has 0 rings (SSSR count). The smallest absolute Gasteiger partial charge is 0.387 e. The van der Waals surface area contributed by atoms with Gasteiger partial charge in [-0.15, -0.1) is 0 Å². The molecule has 0 aromatic carbocycles.